The van der Waals surface area contributed by atoms with Crippen LogP contribution >= 0.6 is 0 Å². The van der Waals surface area contributed by atoms with Gasteiger partial charge in [0.2, 0.25) is 0 Å². The fraction of sp³-hybridized carbons (Fsp3) is 0.625. The van der Waals surface area contributed by atoms with Crippen LogP contribution in [0.15, 0.2) is 30.3 Å². The van der Waals surface area contributed by atoms with Crippen molar-refractivity contribution in [3.63, 3.8) is 0 Å². The lowest BCUT2D eigenvalue weighted by Crippen LogP contribution is -2.37. The third-order valence-electron chi connectivity index (χ3n) is 3.78. The van der Waals surface area contributed by atoms with E-state index in [0.717, 1.165) is 19.8 Å². The molecule has 1 aromatic carbocycles. The normalized spacial score (nSPS) is 21.1. The van der Waals surface area contributed by atoms with E-state index in [1.54, 1.807) is 0 Å². The molecule has 1 N–H and O–H groups in total. The molecule has 0 radical (unpaired) electrons. The smallest absolute Gasteiger partial charge is 0.0510 e. The van der Waals surface area contributed by atoms with E-state index < -0.39 is 0 Å². The minimum atomic E-state index is 0.618. The summed E-state index contributed by atoms with van der Waals surface area (Å²) >= 11 is 0. The summed E-state index contributed by atoms with van der Waals surface area (Å²) in [4.78, 5) is 0. The van der Waals surface area contributed by atoms with Crippen molar-refractivity contribution in [2.45, 2.75) is 38.6 Å². The quantitative estimate of drug-likeness (QED) is 0.799. The van der Waals surface area contributed by atoms with Crippen LogP contribution in [0.2, 0.25) is 0 Å². The molecule has 2 atom stereocenters. The van der Waals surface area contributed by atoms with Gasteiger partial charge in [0.1, 0.15) is 0 Å². The molecular weight excluding hydrogens is 222 g/mol. The van der Waals surface area contributed by atoms with Gasteiger partial charge in [-0.1, -0.05) is 37.3 Å². The summed E-state index contributed by atoms with van der Waals surface area (Å²) in [6, 6.07) is 11.4. The molecule has 2 rings (SSSR count). The van der Waals surface area contributed by atoms with Crippen molar-refractivity contribution in [2.24, 2.45) is 5.92 Å². The molecular formula is C16H25NO. The fourth-order valence-corrected chi connectivity index (χ4v) is 2.67. The number of aryl methyl sites for hydroxylation is 1. The molecule has 0 amide bonds. The first-order valence-electron chi connectivity index (χ1n) is 7.25. The van der Waals surface area contributed by atoms with Crippen molar-refractivity contribution in [1.82, 2.24) is 5.32 Å². The van der Waals surface area contributed by atoms with Gasteiger partial charge < -0.3 is 10.1 Å². The van der Waals surface area contributed by atoms with Crippen molar-refractivity contribution >= 4 is 0 Å². The second kappa shape index (κ2) is 7.55. The fourth-order valence-electron chi connectivity index (χ4n) is 2.67. The maximum Gasteiger partial charge on any atom is 0.0510 e. The SMILES string of the molecule is CCCNC(CCc1ccccc1)C1CCOC1. The predicted molar refractivity (Wildman–Crippen MR) is 75.8 cm³/mol. The minimum absolute atomic E-state index is 0.618. The Balaban J connectivity index is 1.84. The topological polar surface area (TPSA) is 21.3 Å². The molecule has 0 spiro atoms. The van der Waals surface area contributed by atoms with Crippen LogP contribution in [0.25, 0.3) is 0 Å². The molecule has 100 valence electrons. The number of benzene rings is 1. The molecule has 0 aliphatic carbocycles. The summed E-state index contributed by atoms with van der Waals surface area (Å²) in [6.07, 6.45) is 4.81. The molecule has 2 nitrogen and oxygen atoms in total. The summed E-state index contributed by atoms with van der Waals surface area (Å²) in [5.41, 5.74) is 1.44. The third kappa shape index (κ3) is 4.11. The molecule has 2 unspecified atom stereocenters. The Kier molecular flexibility index (Phi) is 5.69. The Morgan fingerprint density at radius 1 is 1.33 bits per heavy atom. The zero-order chi connectivity index (χ0) is 12.6. The number of hydrogen-bond acceptors (Lipinski definition) is 2. The Bertz CT molecular complexity index is 319. The summed E-state index contributed by atoms with van der Waals surface area (Å²) in [7, 11) is 0. The summed E-state index contributed by atoms with van der Waals surface area (Å²) in [5, 5.41) is 3.70. The first kappa shape index (κ1) is 13.6. The van der Waals surface area contributed by atoms with Crippen molar-refractivity contribution < 1.29 is 4.74 Å². The minimum Gasteiger partial charge on any atom is -0.381 e. The lowest BCUT2D eigenvalue weighted by Gasteiger charge is -2.23. The van der Waals surface area contributed by atoms with Crippen molar-refractivity contribution in [1.29, 1.82) is 0 Å². The lowest BCUT2D eigenvalue weighted by molar-refractivity contribution is 0.175. The standard InChI is InChI=1S/C16H25NO/c1-2-11-17-16(15-10-12-18-13-15)9-8-14-6-4-3-5-7-14/h3-7,15-17H,2,8-13H2,1H3. The van der Waals surface area contributed by atoms with Crippen molar-refractivity contribution in [2.75, 3.05) is 19.8 Å². The molecule has 1 fully saturated rings. The van der Waals surface area contributed by atoms with Gasteiger partial charge in [0, 0.05) is 12.6 Å². The molecule has 2 heteroatoms. The number of rotatable bonds is 7. The Morgan fingerprint density at radius 2 is 2.17 bits per heavy atom. The van der Waals surface area contributed by atoms with E-state index in [9.17, 15) is 0 Å². The number of nitrogens with one attached hydrogen (secondary N) is 1. The monoisotopic (exact) mass is 247 g/mol. The van der Waals surface area contributed by atoms with Gasteiger partial charge >= 0.3 is 0 Å². The predicted octanol–water partition coefficient (Wildman–Crippen LogP) is 3.02. The molecule has 1 aliphatic heterocycles. The zero-order valence-electron chi connectivity index (χ0n) is 11.4. The lowest BCUT2D eigenvalue weighted by atomic mass is 9.93. The van der Waals surface area contributed by atoms with Crippen LogP contribution in [-0.4, -0.2) is 25.8 Å². The van der Waals surface area contributed by atoms with Gasteiger partial charge in [0.25, 0.3) is 0 Å². The average Bonchev–Trinajstić information content (AvgIpc) is 2.94. The molecule has 1 aliphatic rings. The van der Waals surface area contributed by atoms with Gasteiger partial charge in [-0.25, -0.2) is 0 Å². The number of hydrogen-bond donors (Lipinski definition) is 1. The molecule has 1 aromatic rings. The van der Waals surface area contributed by atoms with Gasteiger partial charge in [-0.05, 0) is 43.7 Å². The van der Waals surface area contributed by atoms with E-state index in [-0.39, 0.29) is 0 Å². The van der Waals surface area contributed by atoms with Crippen LogP contribution in [-0.2, 0) is 11.2 Å². The summed E-state index contributed by atoms with van der Waals surface area (Å²) in [5.74, 6) is 0.709. The van der Waals surface area contributed by atoms with E-state index >= 15 is 0 Å². The first-order chi connectivity index (χ1) is 8.90. The zero-order valence-corrected chi connectivity index (χ0v) is 11.4. The molecule has 0 saturated carbocycles. The van der Waals surface area contributed by atoms with Gasteiger partial charge in [-0.3, -0.25) is 0 Å². The Hall–Kier alpha value is -0.860. The van der Waals surface area contributed by atoms with Crippen LogP contribution in [0.3, 0.4) is 0 Å². The maximum atomic E-state index is 5.53. The van der Waals surface area contributed by atoms with Gasteiger partial charge in [-0.15, -0.1) is 0 Å². The average molecular weight is 247 g/mol. The van der Waals surface area contributed by atoms with Gasteiger partial charge in [0.15, 0.2) is 0 Å². The highest BCUT2D eigenvalue weighted by Gasteiger charge is 2.24. The van der Waals surface area contributed by atoms with Gasteiger partial charge in [-0.2, -0.15) is 0 Å². The van der Waals surface area contributed by atoms with Crippen LogP contribution in [0.1, 0.15) is 31.7 Å². The Labute approximate surface area is 111 Å². The summed E-state index contributed by atoms with van der Waals surface area (Å²) < 4.78 is 5.53. The molecule has 1 saturated heterocycles. The van der Waals surface area contributed by atoms with Crippen molar-refractivity contribution in [3.8, 4) is 0 Å². The molecule has 1 heterocycles. The van der Waals surface area contributed by atoms with E-state index in [1.165, 1.54) is 31.2 Å². The van der Waals surface area contributed by atoms with E-state index in [2.05, 4.69) is 42.6 Å². The largest absolute Gasteiger partial charge is 0.381 e. The van der Waals surface area contributed by atoms with E-state index in [1.807, 2.05) is 0 Å². The van der Waals surface area contributed by atoms with Crippen molar-refractivity contribution in [3.05, 3.63) is 35.9 Å². The molecule has 0 bridgehead atoms. The molecule has 0 aromatic heterocycles. The third-order valence-corrected chi connectivity index (χ3v) is 3.78. The second-order valence-corrected chi connectivity index (χ2v) is 5.21. The number of ether oxygens (including phenoxy) is 1. The van der Waals surface area contributed by atoms with Crippen LogP contribution in [0.4, 0.5) is 0 Å². The Morgan fingerprint density at radius 3 is 2.83 bits per heavy atom. The molecule has 18 heavy (non-hydrogen) atoms. The highest BCUT2D eigenvalue weighted by molar-refractivity contribution is 5.14. The van der Waals surface area contributed by atoms with Crippen LogP contribution in [0, 0.1) is 5.92 Å². The highest BCUT2D eigenvalue weighted by Crippen LogP contribution is 2.20. The van der Waals surface area contributed by atoms with E-state index in [4.69, 9.17) is 4.74 Å². The summed E-state index contributed by atoms with van der Waals surface area (Å²) in [6.45, 7) is 5.23. The van der Waals surface area contributed by atoms with Crippen LogP contribution < -0.4 is 5.32 Å². The van der Waals surface area contributed by atoms with Gasteiger partial charge in [0.05, 0.1) is 6.61 Å². The van der Waals surface area contributed by atoms with Crippen LogP contribution in [0.5, 0.6) is 0 Å². The van der Waals surface area contributed by atoms with E-state index in [0.29, 0.717) is 12.0 Å². The maximum absolute atomic E-state index is 5.53. The first-order valence-corrected chi connectivity index (χ1v) is 7.25. The second-order valence-electron chi connectivity index (χ2n) is 5.21. The highest BCUT2D eigenvalue weighted by atomic mass is 16.5.